The van der Waals surface area contributed by atoms with Gasteiger partial charge in [0, 0.05) is 5.92 Å². The molecule has 3 atom stereocenters. The van der Waals surface area contributed by atoms with E-state index >= 15 is 0 Å². The Morgan fingerprint density at radius 2 is 1.80 bits per heavy atom. The molecule has 0 aromatic heterocycles. The average Bonchev–Trinajstić information content (AvgIpc) is 2.56. The van der Waals surface area contributed by atoms with E-state index in [0.29, 0.717) is 44.1 Å². The molecule has 0 radical (unpaired) electrons. The predicted molar refractivity (Wildman–Crippen MR) is 102 cm³/mol. The summed E-state index contributed by atoms with van der Waals surface area (Å²) in [5.74, 6) is 2.88. The van der Waals surface area contributed by atoms with E-state index in [1.165, 1.54) is 0 Å². The van der Waals surface area contributed by atoms with Gasteiger partial charge in [-0.25, -0.2) is 0 Å². The summed E-state index contributed by atoms with van der Waals surface area (Å²) in [5, 5.41) is 0. The Bertz CT molecular complexity index is 771. The first-order chi connectivity index (χ1) is 11.8. The van der Waals surface area contributed by atoms with Gasteiger partial charge in [-0.3, -0.25) is 4.79 Å². The second kappa shape index (κ2) is 5.62. The molecule has 0 unspecified atom stereocenters. The van der Waals surface area contributed by atoms with Crippen molar-refractivity contribution < 1.29 is 19.0 Å². The van der Waals surface area contributed by atoms with E-state index in [2.05, 4.69) is 45.7 Å². The van der Waals surface area contributed by atoms with Crippen molar-refractivity contribution in [3.63, 3.8) is 0 Å². The van der Waals surface area contributed by atoms with Gasteiger partial charge in [0.2, 0.25) is 0 Å². The number of Topliss-reactive ketones (excluding diaryl/α,β-unsaturated/α-hetero) is 1. The molecule has 3 fully saturated rings. The first-order valence-electron chi connectivity index (χ1n) is 8.62. The molecule has 1 aliphatic heterocycles. The molecule has 0 amide bonds. The average molecular weight is 474 g/mol. The van der Waals surface area contributed by atoms with Crippen molar-refractivity contribution in [3.05, 3.63) is 14.5 Å². The molecule has 1 aromatic rings. The smallest absolute Gasteiger partial charge is 0.174 e. The van der Waals surface area contributed by atoms with Crippen LogP contribution in [-0.2, 0) is 0 Å². The Labute approximate surface area is 164 Å². The normalized spacial score (nSPS) is 31.8. The number of fused-ring (bicyclic) bond motifs is 2. The minimum atomic E-state index is -0.408. The zero-order valence-corrected chi connectivity index (χ0v) is 18.0. The highest BCUT2D eigenvalue weighted by Crippen LogP contribution is 2.66. The highest BCUT2D eigenvalue weighted by atomic mass is 79.9. The van der Waals surface area contributed by atoms with E-state index in [9.17, 15) is 4.79 Å². The van der Waals surface area contributed by atoms with E-state index in [0.717, 1.165) is 25.2 Å². The van der Waals surface area contributed by atoms with Gasteiger partial charge >= 0.3 is 0 Å². The summed E-state index contributed by atoms with van der Waals surface area (Å²) in [5.41, 5.74) is 0.327. The summed E-state index contributed by atoms with van der Waals surface area (Å²) in [4.78, 5) is 13.2. The minimum absolute atomic E-state index is 0.0864. The molecule has 4 aliphatic rings. The number of ether oxygens (including phenoxy) is 3. The van der Waals surface area contributed by atoms with Crippen LogP contribution in [0.25, 0.3) is 0 Å². The third-order valence-corrected chi connectivity index (χ3v) is 8.17. The van der Waals surface area contributed by atoms with Gasteiger partial charge < -0.3 is 14.2 Å². The highest BCUT2D eigenvalue weighted by Gasteiger charge is 2.64. The minimum Gasteiger partial charge on any atom is -0.495 e. The predicted octanol–water partition coefficient (Wildman–Crippen LogP) is 5.39. The maximum Gasteiger partial charge on any atom is 0.174 e. The number of benzene rings is 1. The number of rotatable bonds is 2. The number of carbonyl (C=O) groups excluding carboxylic acids is 1. The molecule has 2 bridgehead atoms. The number of methoxy groups -OCH3 is 2. The summed E-state index contributed by atoms with van der Waals surface area (Å²) >= 11 is 7.09. The number of hydrogen-bond acceptors (Lipinski definition) is 4. The van der Waals surface area contributed by atoms with Gasteiger partial charge in [-0.15, -0.1) is 0 Å². The number of ketones is 1. The van der Waals surface area contributed by atoms with E-state index < -0.39 is 5.60 Å². The molecular formula is C19H22Br2O4. The molecule has 6 heteroatoms. The molecule has 1 aromatic carbocycles. The molecule has 5 rings (SSSR count). The standard InChI is InChI=1S/C19H22Br2O4/c1-18(2)9-5-6-19(11(18)7-9)8-10(22)12-15(23-3)13(20)17(24-4)14(21)16(12)25-19/h9,11H,5-8H2,1-4H3/t9-,11+,19+/m0/s1. The Kier molecular flexibility index (Phi) is 3.97. The van der Waals surface area contributed by atoms with Crippen LogP contribution in [0.2, 0.25) is 0 Å². The van der Waals surface area contributed by atoms with Crippen molar-refractivity contribution >= 4 is 37.6 Å². The lowest BCUT2D eigenvalue weighted by Crippen LogP contribution is -2.65. The summed E-state index contributed by atoms with van der Waals surface area (Å²) in [6.45, 7) is 4.63. The molecule has 25 heavy (non-hydrogen) atoms. The topological polar surface area (TPSA) is 44.8 Å². The van der Waals surface area contributed by atoms with Gasteiger partial charge in [0.1, 0.15) is 20.1 Å². The Hall–Kier alpha value is -0.750. The SMILES string of the molecule is COc1c(Br)c(OC)c2c(c1Br)O[C@]1(CC[C@H]3C[C@@H]1C3(C)C)CC2=O. The highest BCUT2D eigenvalue weighted by molar-refractivity contribution is 9.11. The van der Waals surface area contributed by atoms with Crippen LogP contribution in [0.5, 0.6) is 17.2 Å². The van der Waals surface area contributed by atoms with Gasteiger partial charge in [-0.2, -0.15) is 0 Å². The summed E-state index contributed by atoms with van der Waals surface area (Å²) in [6, 6.07) is 0. The summed E-state index contributed by atoms with van der Waals surface area (Å²) in [6.07, 6.45) is 3.62. The van der Waals surface area contributed by atoms with Crippen molar-refractivity contribution in [2.45, 2.75) is 45.1 Å². The molecular weight excluding hydrogens is 452 g/mol. The van der Waals surface area contributed by atoms with Gasteiger partial charge in [0.05, 0.1) is 20.6 Å². The maximum absolute atomic E-state index is 13.2. The van der Waals surface area contributed by atoms with E-state index in [4.69, 9.17) is 14.2 Å². The van der Waals surface area contributed by atoms with Gasteiger partial charge in [0.15, 0.2) is 23.0 Å². The van der Waals surface area contributed by atoms with Crippen molar-refractivity contribution in [1.82, 2.24) is 0 Å². The van der Waals surface area contributed by atoms with Crippen LogP contribution in [0.15, 0.2) is 8.95 Å². The molecule has 0 saturated heterocycles. The first kappa shape index (κ1) is 17.7. The molecule has 3 saturated carbocycles. The lowest BCUT2D eigenvalue weighted by Gasteiger charge is -2.65. The van der Waals surface area contributed by atoms with Gasteiger partial charge in [0.25, 0.3) is 0 Å². The van der Waals surface area contributed by atoms with Crippen LogP contribution in [0, 0.1) is 17.3 Å². The van der Waals surface area contributed by atoms with E-state index in [1.807, 2.05) is 0 Å². The zero-order valence-electron chi connectivity index (χ0n) is 14.9. The van der Waals surface area contributed by atoms with Crippen molar-refractivity contribution in [2.75, 3.05) is 14.2 Å². The molecule has 0 N–H and O–H groups in total. The number of halogens is 2. The lowest BCUT2D eigenvalue weighted by molar-refractivity contribution is -0.189. The molecule has 4 nitrogen and oxygen atoms in total. The van der Waals surface area contributed by atoms with Crippen LogP contribution in [0.4, 0.5) is 0 Å². The Morgan fingerprint density at radius 1 is 1.12 bits per heavy atom. The van der Waals surface area contributed by atoms with Gasteiger partial charge in [-0.05, 0) is 62.5 Å². The molecule has 1 spiro atoms. The molecule has 3 aliphatic carbocycles. The fourth-order valence-electron chi connectivity index (χ4n) is 5.27. The van der Waals surface area contributed by atoms with Crippen LogP contribution in [0.3, 0.4) is 0 Å². The summed E-state index contributed by atoms with van der Waals surface area (Å²) < 4.78 is 19.0. The zero-order chi connectivity index (χ0) is 18.1. The Balaban J connectivity index is 1.88. The quantitative estimate of drug-likeness (QED) is 0.577. The fraction of sp³-hybridized carbons (Fsp3) is 0.632. The maximum atomic E-state index is 13.2. The molecule has 136 valence electrons. The van der Waals surface area contributed by atoms with Crippen LogP contribution < -0.4 is 14.2 Å². The lowest BCUT2D eigenvalue weighted by atomic mass is 9.43. The second-order valence-electron chi connectivity index (χ2n) is 8.01. The van der Waals surface area contributed by atoms with Crippen molar-refractivity contribution in [3.8, 4) is 17.2 Å². The third kappa shape index (κ3) is 2.19. The Morgan fingerprint density at radius 3 is 2.36 bits per heavy atom. The monoisotopic (exact) mass is 472 g/mol. The van der Waals surface area contributed by atoms with Gasteiger partial charge in [-0.1, -0.05) is 13.8 Å². The van der Waals surface area contributed by atoms with E-state index in [1.54, 1.807) is 14.2 Å². The van der Waals surface area contributed by atoms with Crippen LogP contribution >= 0.6 is 31.9 Å². The van der Waals surface area contributed by atoms with E-state index in [-0.39, 0.29) is 11.2 Å². The van der Waals surface area contributed by atoms with Crippen molar-refractivity contribution in [2.24, 2.45) is 17.3 Å². The van der Waals surface area contributed by atoms with Crippen LogP contribution in [-0.4, -0.2) is 25.6 Å². The van der Waals surface area contributed by atoms with Crippen LogP contribution in [0.1, 0.15) is 49.9 Å². The largest absolute Gasteiger partial charge is 0.495 e. The number of carbonyl (C=O) groups is 1. The van der Waals surface area contributed by atoms with Crippen molar-refractivity contribution in [1.29, 1.82) is 0 Å². The third-order valence-electron chi connectivity index (χ3n) is 6.73. The first-order valence-corrected chi connectivity index (χ1v) is 10.2. The second-order valence-corrected chi connectivity index (χ2v) is 9.60. The fourth-order valence-corrected chi connectivity index (χ4v) is 6.90. The number of hydrogen-bond donors (Lipinski definition) is 0. The molecule has 1 heterocycles. The summed E-state index contributed by atoms with van der Waals surface area (Å²) in [7, 11) is 3.16.